The number of aryl methyl sites for hydroxylation is 2. The Balaban J connectivity index is 2.06. The van der Waals surface area contributed by atoms with E-state index in [1.54, 1.807) is 13.0 Å². The molecule has 27 heavy (non-hydrogen) atoms. The van der Waals surface area contributed by atoms with Crippen LogP contribution >= 0.6 is 0 Å². The van der Waals surface area contributed by atoms with Crippen molar-refractivity contribution in [1.29, 1.82) is 0 Å². The second-order valence-corrected chi connectivity index (χ2v) is 7.39. The molecule has 0 aliphatic carbocycles. The lowest BCUT2D eigenvalue weighted by molar-refractivity contribution is -0.384. The van der Waals surface area contributed by atoms with Crippen molar-refractivity contribution in [3.8, 4) is 5.75 Å². The van der Waals surface area contributed by atoms with Crippen molar-refractivity contribution in [2.45, 2.75) is 25.2 Å². The van der Waals surface area contributed by atoms with Crippen LogP contribution in [0.1, 0.15) is 18.1 Å². The Hall–Kier alpha value is -3.20. The maximum atomic E-state index is 12.5. The third kappa shape index (κ3) is 3.68. The molecule has 3 rings (SSSR count). The van der Waals surface area contributed by atoms with Crippen LogP contribution in [0.25, 0.3) is 11.0 Å². The van der Waals surface area contributed by atoms with Gasteiger partial charge in [0, 0.05) is 29.7 Å². The van der Waals surface area contributed by atoms with Gasteiger partial charge in [-0.1, -0.05) is 6.92 Å². The predicted molar refractivity (Wildman–Crippen MR) is 97.5 cm³/mol. The van der Waals surface area contributed by atoms with E-state index in [0.29, 0.717) is 22.9 Å². The van der Waals surface area contributed by atoms with Gasteiger partial charge >= 0.3 is 15.7 Å². The lowest BCUT2D eigenvalue weighted by Gasteiger charge is -2.12. The molecule has 0 aliphatic heterocycles. The Labute approximate surface area is 154 Å². The van der Waals surface area contributed by atoms with E-state index in [2.05, 4.69) is 0 Å². The number of nitro benzene ring substituents is 1. The van der Waals surface area contributed by atoms with E-state index in [4.69, 9.17) is 8.60 Å². The molecule has 0 spiro atoms. The molecule has 0 amide bonds. The van der Waals surface area contributed by atoms with Crippen LogP contribution in [0, 0.1) is 17.0 Å². The SMILES string of the molecule is CCc1cc2c(C)cc(=O)oc2cc1OS(=O)(=O)c1ccc([N+](=O)[O-])cc1. The van der Waals surface area contributed by atoms with Crippen LogP contribution < -0.4 is 9.81 Å². The summed E-state index contributed by atoms with van der Waals surface area (Å²) >= 11 is 0. The summed E-state index contributed by atoms with van der Waals surface area (Å²) in [5, 5.41) is 11.4. The van der Waals surface area contributed by atoms with Gasteiger partial charge in [0.05, 0.1) is 4.92 Å². The third-order valence-corrected chi connectivity index (χ3v) is 5.30. The lowest BCUT2D eigenvalue weighted by Crippen LogP contribution is -2.11. The summed E-state index contributed by atoms with van der Waals surface area (Å²) in [6.45, 7) is 3.59. The Morgan fingerprint density at radius 1 is 1.15 bits per heavy atom. The van der Waals surface area contributed by atoms with Crippen LogP contribution in [0.3, 0.4) is 0 Å². The highest BCUT2D eigenvalue weighted by atomic mass is 32.2. The summed E-state index contributed by atoms with van der Waals surface area (Å²) in [6.07, 6.45) is 0.486. The number of fused-ring (bicyclic) bond motifs is 1. The largest absolute Gasteiger partial charge is 0.423 e. The summed E-state index contributed by atoms with van der Waals surface area (Å²) in [7, 11) is -4.22. The van der Waals surface area contributed by atoms with Gasteiger partial charge in [-0.25, -0.2) is 4.79 Å². The van der Waals surface area contributed by atoms with Gasteiger partial charge in [0.1, 0.15) is 16.2 Å². The van der Waals surface area contributed by atoms with E-state index in [1.165, 1.54) is 12.1 Å². The minimum Gasteiger partial charge on any atom is -0.423 e. The van der Waals surface area contributed by atoms with E-state index in [-0.39, 0.29) is 21.9 Å². The second-order valence-electron chi connectivity index (χ2n) is 5.85. The van der Waals surface area contributed by atoms with Gasteiger partial charge in [0.15, 0.2) is 0 Å². The molecular weight excluding hydrogens is 374 g/mol. The summed E-state index contributed by atoms with van der Waals surface area (Å²) in [5.74, 6) is 0.0390. The van der Waals surface area contributed by atoms with E-state index >= 15 is 0 Å². The van der Waals surface area contributed by atoms with E-state index < -0.39 is 20.7 Å². The molecule has 0 saturated carbocycles. The van der Waals surface area contributed by atoms with Gasteiger partial charge in [-0.05, 0) is 42.7 Å². The number of non-ortho nitro benzene ring substituents is 1. The summed E-state index contributed by atoms with van der Waals surface area (Å²) in [6, 6.07) is 8.81. The molecule has 0 aliphatic rings. The van der Waals surface area contributed by atoms with Gasteiger partial charge in [-0.15, -0.1) is 0 Å². The summed E-state index contributed by atoms with van der Waals surface area (Å²) < 4.78 is 35.5. The molecule has 0 bridgehead atoms. The first-order chi connectivity index (χ1) is 12.7. The van der Waals surface area contributed by atoms with E-state index in [0.717, 1.165) is 24.3 Å². The van der Waals surface area contributed by atoms with Gasteiger partial charge < -0.3 is 8.60 Å². The Morgan fingerprint density at radius 3 is 2.41 bits per heavy atom. The molecule has 2 aromatic carbocycles. The van der Waals surface area contributed by atoms with Crippen molar-refractivity contribution in [3.05, 3.63) is 74.1 Å². The van der Waals surface area contributed by atoms with Crippen LogP contribution in [0.15, 0.2) is 56.6 Å². The highest BCUT2D eigenvalue weighted by Crippen LogP contribution is 2.30. The third-order valence-electron chi connectivity index (χ3n) is 4.05. The van der Waals surface area contributed by atoms with Crippen LogP contribution in [0.4, 0.5) is 5.69 Å². The minimum atomic E-state index is -4.22. The summed E-state index contributed by atoms with van der Waals surface area (Å²) in [5.41, 5.74) is 0.760. The minimum absolute atomic E-state index is 0.0390. The molecule has 0 N–H and O–H groups in total. The fraction of sp³-hybridized carbons (Fsp3) is 0.167. The summed E-state index contributed by atoms with van der Waals surface area (Å²) in [4.78, 5) is 21.4. The zero-order chi connectivity index (χ0) is 19.8. The van der Waals surface area contributed by atoms with Crippen molar-refractivity contribution < 1.29 is 21.9 Å². The molecule has 0 radical (unpaired) electrons. The monoisotopic (exact) mass is 389 g/mol. The number of hydrogen-bond donors (Lipinski definition) is 0. The van der Waals surface area contributed by atoms with Gasteiger partial charge in [-0.2, -0.15) is 8.42 Å². The molecule has 1 heterocycles. The average molecular weight is 389 g/mol. The van der Waals surface area contributed by atoms with E-state index in [9.17, 15) is 23.3 Å². The van der Waals surface area contributed by atoms with Crippen LogP contribution in [0.2, 0.25) is 0 Å². The highest BCUT2D eigenvalue weighted by Gasteiger charge is 2.21. The van der Waals surface area contributed by atoms with Gasteiger partial charge in [0.25, 0.3) is 5.69 Å². The maximum absolute atomic E-state index is 12.5. The zero-order valence-electron chi connectivity index (χ0n) is 14.5. The predicted octanol–water partition coefficient (Wildman–Crippen LogP) is 3.34. The van der Waals surface area contributed by atoms with Crippen molar-refractivity contribution >= 4 is 26.8 Å². The maximum Gasteiger partial charge on any atom is 0.339 e. The number of rotatable bonds is 5. The van der Waals surface area contributed by atoms with E-state index in [1.807, 2.05) is 6.92 Å². The van der Waals surface area contributed by atoms with Gasteiger partial charge in [-0.3, -0.25) is 10.1 Å². The molecule has 0 unspecified atom stereocenters. The molecule has 9 heteroatoms. The van der Waals surface area contributed by atoms with Crippen LogP contribution in [0.5, 0.6) is 5.75 Å². The number of benzene rings is 2. The lowest BCUT2D eigenvalue weighted by atomic mass is 10.1. The molecule has 140 valence electrons. The first-order valence-electron chi connectivity index (χ1n) is 7.97. The van der Waals surface area contributed by atoms with Crippen molar-refractivity contribution in [3.63, 3.8) is 0 Å². The number of nitrogens with zero attached hydrogens (tertiary/aromatic N) is 1. The van der Waals surface area contributed by atoms with Crippen molar-refractivity contribution in [2.24, 2.45) is 0 Å². The molecule has 0 fully saturated rings. The number of nitro groups is 1. The Kier molecular flexibility index (Phi) is 4.71. The molecule has 1 aromatic heterocycles. The smallest absolute Gasteiger partial charge is 0.339 e. The fourth-order valence-corrected chi connectivity index (χ4v) is 3.60. The molecule has 3 aromatic rings. The van der Waals surface area contributed by atoms with Crippen LogP contribution in [-0.4, -0.2) is 13.3 Å². The quantitative estimate of drug-likeness (QED) is 0.284. The molecule has 0 atom stereocenters. The average Bonchev–Trinajstić information content (AvgIpc) is 2.61. The first kappa shape index (κ1) is 18.6. The van der Waals surface area contributed by atoms with Crippen molar-refractivity contribution in [2.75, 3.05) is 0 Å². The molecular formula is C18H15NO7S. The molecule has 0 saturated heterocycles. The first-order valence-corrected chi connectivity index (χ1v) is 9.38. The van der Waals surface area contributed by atoms with Crippen LogP contribution in [-0.2, 0) is 16.5 Å². The Bertz CT molecular complexity index is 1190. The normalized spacial score (nSPS) is 11.5. The highest BCUT2D eigenvalue weighted by molar-refractivity contribution is 7.87. The standard InChI is InChI=1S/C18H15NO7S/c1-3-12-9-15-11(2)8-18(20)25-17(15)10-16(12)26-27(23,24)14-6-4-13(5-7-14)19(21)22/h4-10H,3H2,1-2H3. The fourth-order valence-electron chi connectivity index (χ4n) is 2.65. The second kappa shape index (κ2) is 6.84. The van der Waals surface area contributed by atoms with Gasteiger partial charge in [0.2, 0.25) is 0 Å². The number of hydrogen-bond acceptors (Lipinski definition) is 7. The Morgan fingerprint density at radius 2 is 1.81 bits per heavy atom. The zero-order valence-corrected chi connectivity index (χ0v) is 15.3. The molecule has 8 nitrogen and oxygen atoms in total. The van der Waals surface area contributed by atoms with Crippen molar-refractivity contribution in [1.82, 2.24) is 0 Å². The topological polar surface area (TPSA) is 117 Å².